The Morgan fingerprint density at radius 1 is 1.19 bits per heavy atom. The van der Waals surface area contributed by atoms with Crippen LogP contribution in [0.15, 0.2) is 29.2 Å². The summed E-state index contributed by atoms with van der Waals surface area (Å²) < 4.78 is 26.2. The van der Waals surface area contributed by atoms with Gasteiger partial charge in [0.1, 0.15) is 6.04 Å². The standard InChI is InChI=1S/C12H16N4O4S/c13-11(17)8-1-3-9(4-2-8)21(19,20)16-6-5-15-7-10(16)12(14)18/h1-4,10,15H,5-7H2,(H2,13,17)(H2,14,18). The summed E-state index contributed by atoms with van der Waals surface area (Å²) >= 11 is 0. The maximum atomic E-state index is 12.6. The minimum absolute atomic E-state index is 0.0133. The number of piperazine rings is 1. The fourth-order valence-electron chi connectivity index (χ4n) is 2.14. The molecule has 1 heterocycles. The van der Waals surface area contributed by atoms with Crippen molar-refractivity contribution in [2.24, 2.45) is 11.5 Å². The highest BCUT2D eigenvalue weighted by atomic mass is 32.2. The summed E-state index contributed by atoms with van der Waals surface area (Å²) in [5.74, 6) is -1.35. The van der Waals surface area contributed by atoms with Gasteiger partial charge in [0.25, 0.3) is 0 Å². The Kier molecular flexibility index (Phi) is 4.26. The van der Waals surface area contributed by atoms with E-state index < -0.39 is 27.9 Å². The maximum absolute atomic E-state index is 12.6. The van der Waals surface area contributed by atoms with E-state index in [1.54, 1.807) is 0 Å². The molecular formula is C12H16N4O4S. The number of carbonyl (C=O) groups excluding carboxylic acids is 2. The number of nitrogens with two attached hydrogens (primary N) is 2. The monoisotopic (exact) mass is 312 g/mol. The van der Waals surface area contributed by atoms with Gasteiger partial charge in [0.05, 0.1) is 4.90 Å². The van der Waals surface area contributed by atoms with Crippen molar-refractivity contribution in [1.29, 1.82) is 0 Å². The third kappa shape index (κ3) is 3.04. The topological polar surface area (TPSA) is 136 Å². The van der Waals surface area contributed by atoms with Gasteiger partial charge in [-0.1, -0.05) is 0 Å². The molecule has 8 nitrogen and oxygen atoms in total. The molecule has 1 unspecified atom stereocenters. The lowest BCUT2D eigenvalue weighted by Gasteiger charge is -2.33. The quantitative estimate of drug-likeness (QED) is 0.605. The normalized spacial score (nSPS) is 20.1. The number of amides is 2. The summed E-state index contributed by atoms with van der Waals surface area (Å²) in [6, 6.07) is 4.30. The van der Waals surface area contributed by atoms with E-state index >= 15 is 0 Å². The SMILES string of the molecule is NC(=O)c1ccc(S(=O)(=O)N2CCNCC2C(N)=O)cc1. The summed E-state index contributed by atoms with van der Waals surface area (Å²) in [6.45, 7) is 0.754. The Morgan fingerprint density at radius 2 is 1.81 bits per heavy atom. The zero-order valence-electron chi connectivity index (χ0n) is 11.2. The first-order valence-electron chi connectivity index (χ1n) is 6.26. The number of carbonyl (C=O) groups is 2. The highest BCUT2D eigenvalue weighted by molar-refractivity contribution is 7.89. The summed E-state index contributed by atoms with van der Waals surface area (Å²) in [7, 11) is -3.86. The molecule has 1 fully saturated rings. The maximum Gasteiger partial charge on any atom is 0.248 e. The van der Waals surface area contributed by atoms with E-state index in [0.29, 0.717) is 6.54 Å². The van der Waals surface area contributed by atoms with Crippen LogP contribution in [0.1, 0.15) is 10.4 Å². The molecule has 1 atom stereocenters. The van der Waals surface area contributed by atoms with Crippen LogP contribution in [0.5, 0.6) is 0 Å². The van der Waals surface area contributed by atoms with Crippen LogP contribution in [0, 0.1) is 0 Å². The van der Waals surface area contributed by atoms with E-state index in [2.05, 4.69) is 5.32 Å². The number of sulfonamides is 1. The van der Waals surface area contributed by atoms with E-state index in [1.807, 2.05) is 0 Å². The molecule has 1 saturated heterocycles. The molecule has 21 heavy (non-hydrogen) atoms. The molecular weight excluding hydrogens is 296 g/mol. The van der Waals surface area contributed by atoms with Crippen LogP contribution in [-0.4, -0.2) is 50.2 Å². The van der Waals surface area contributed by atoms with E-state index in [0.717, 1.165) is 4.31 Å². The van der Waals surface area contributed by atoms with Crippen LogP contribution in [0.4, 0.5) is 0 Å². The largest absolute Gasteiger partial charge is 0.368 e. The van der Waals surface area contributed by atoms with Crippen LogP contribution >= 0.6 is 0 Å². The van der Waals surface area contributed by atoms with Crippen molar-refractivity contribution >= 4 is 21.8 Å². The van der Waals surface area contributed by atoms with Crippen molar-refractivity contribution < 1.29 is 18.0 Å². The second-order valence-electron chi connectivity index (χ2n) is 4.63. The number of nitrogens with one attached hydrogen (secondary N) is 1. The third-order valence-corrected chi connectivity index (χ3v) is 5.19. The van der Waals surface area contributed by atoms with Crippen LogP contribution in [0.2, 0.25) is 0 Å². The Morgan fingerprint density at radius 3 is 2.33 bits per heavy atom. The van der Waals surface area contributed by atoms with Gasteiger partial charge < -0.3 is 16.8 Å². The molecule has 1 aromatic rings. The molecule has 1 aliphatic rings. The molecule has 9 heteroatoms. The molecule has 1 aromatic carbocycles. The summed E-state index contributed by atoms with van der Waals surface area (Å²) in [4.78, 5) is 22.4. The Hall–Kier alpha value is -1.97. The summed E-state index contributed by atoms with van der Waals surface area (Å²) in [6.07, 6.45) is 0. The number of benzene rings is 1. The molecule has 0 spiro atoms. The Labute approximate surface area is 122 Å². The number of rotatable bonds is 4. The van der Waals surface area contributed by atoms with Gasteiger partial charge in [-0.25, -0.2) is 8.42 Å². The van der Waals surface area contributed by atoms with Gasteiger partial charge in [-0.15, -0.1) is 0 Å². The van der Waals surface area contributed by atoms with Crippen LogP contribution in [0.3, 0.4) is 0 Å². The zero-order valence-corrected chi connectivity index (χ0v) is 12.0. The second-order valence-corrected chi connectivity index (χ2v) is 6.52. The van der Waals surface area contributed by atoms with Gasteiger partial charge in [0, 0.05) is 25.2 Å². The van der Waals surface area contributed by atoms with Crippen molar-refractivity contribution in [3.63, 3.8) is 0 Å². The lowest BCUT2D eigenvalue weighted by molar-refractivity contribution is -0.122. The second kappa shape index (κ2) is 5.80. The smallest absolute Gasteiger partial charge is 0.248 e. The lowest BCUT2D eigenvalue weighted by atomic mass is 10.2. The summed E-state index contributed by atoms with van der Waals surface area (Å²) in [5.41, 5.74) is 10.6. The molecule has 0 radical (unpaired) electrons. The molecule has 0 aliphatic carbocycles. The van der Waals surface area contributed by atoms with Gasteiger partial charge in [-0.2, -0.15) is 4.31 Å². The van der Waals surface area contributed by atoms with Crippen molar-refractivity contribution in [2.45, 2.75) is 10.9 Å². The first-order valence-corrected chi connectivity index (χ1v) is 7.70. The van der Waals surface area contributed by atoms with E-state index in [1.165, 1.54) is 24.3 Å². The van der Waals surface area contributed by atoms with Gasteiger partial charge in [0.15, 0.2) is 0 Å². The van der Waals surface area contributed by atoms with Gasteiger partial charge >= 0.3 is 0 Å². The van der Waals surface area contributed by atoms with Crippen molar-refractivity contribution in [3.8, 4) is 0 Å². The van der Waals surface area contributed by atoms with E-state index in [9.17, 15) is 18.0 Å². The van der Waals surface area contributed by atoms with E-state index in [-0.39, 0.29) is 23.5 Å². The zero-order chi connectivity index (χ0) is 15.6. The Bertz CT molecular complexity index is 656. The molecule has 2 rings (SSSR count). The molecule has 5 N–H and O–H groups in total. The van der Waals surface area contributed by atoms with Crippen molar-refractivity contribution in [2.75, 3.05) is 19.6 Å². The number of nitrogens with zero attached hydrogens (tertiary/aromatic N) is 1. The van der Waals surface area contributed by atoms with Crippen LogP contribution < -0.4 is 16.8 Å². The average Bonchev–Trinajstić information content (AvgIpc) is 2.47. The van der Waals surface area contributed by atoms with Gasteiger partial charge in [-0.05, 0) is 24.3 Å². The Balaban J connectivity index is 2.35. The molecule has 0 bridgehead atoms. The fraction of sp³-hybridized carbons (Fsp3) is 0.333. The molecule has 114 valence electrons. The molecule has 2 amide bonds. The fourth-order valence-corrected chi connectivity index (χ4v) is 3.74. The average molecular weight is 312 g/mol. The number of hydrogen-bond donors (Lipinski definition) is 3. The summed E-state index contributed by atoms with van der Waals surface area (Å²) in [5, 5.41) is 2.93. The van der Waals surface area contributed by atoms with Crippen molar-refractivity contribution in [1.82, 2.24) is 9.62 Å². The van der Waals surface area contributed by atoms with Crippen molar-refractivity contribution in [3.05, 3.63) is 29.8 Å². The first-order chi connectivity index (χ1) is 9.84. The number of primary amides is 2. The predicted molar refractivity (Wildman–Crippen MR) is 74.7 cm³/mol. The molecule has 0 saturated carbocycles. The third-order valence-electron chi connectivity index (χ3n) is 3.27. The minimum Gasteiger partial charge on any atom is -0.368 e. The van der Waals surface area contributed by atoms with Gasteiger partial charge in [-0.3, -0.25) is 9.59 Å². The highest BCUT2D eigenvalue weighted by Gasteiger charge is 2.36. The van der Waals surface area contributed by atoms with Gasteiger partial charge in [0.2, 0.25) is 21.8 Å². The molecule has 0 aromatic heterocycles. The first kappa shape index (κ1) is 15.4. The predicted octanol–water partition coefficient (Wildman–Crippen LogP) is -1.77. The number of hydrogen-bond acceptors (Lipinski definition) is 5. The highest BCUT2D eigenvalue weighted by Crippen LogP contribution is 2.19. The minimum atomic E-state index is -3.86. The van der Waals surface area contributed by atoms with E-state index in [4.69, 9.17) is 11.5 Å². The molecule has 1 aliphatic heterocycles. The van der Waals surface area contributed by atoms with Crippen LogP contribution in [-0.2, 0) is 14.8 Å². The lowest BCUT2D eigenvalue weighted by Crippen LogP contribution is -2.58. The van der Waals surface area contributed by atoms with Crippen LogP contribution in [0.25, 0.3) is 0 Å².